The quantitative estimate of drug-likeness (QED) is 0.137. The summed E-state index contributed by atoms with van der Waals surface area (Å²) in [6.45, 7) is 8.82. The Hall–Kier alpha value is -4.45. The van der Waals surface area contributed by atoms with Crippen molar-refractivity contribution < 1.29 is 14.4 Å². The topological polar surface area (TPSA) is 74.5 Å². The molecule has 0 aliphatic heterocycles. The van der Waals surface area contributed by atoms with Gasteiger partial charge in [-0.3, -0.25) is 10.1 Å². The van der Waals surface area contributed by atoms with Crippen molar-refractivity contribution in [1.29, 1.82) is 0 Å². The maximum absolute atomic E-state index is 11.0. The van der Waals surface area contributed by atoms with Crippen molar-refractivity contribution in [3.8, 4) is 22.8 Å². The van der Waals surface area contributed by atoms with Gasteiger partial charge in [0.1, 0.15) is 12.4 Å². The third-order valence-electron chi connectivity index (χ3n) is 6.22. The van der Waals surface area contributed by atoms with Crippen LogP contribution in [-0.2, 0) is 12.0 Å². The van der Waals surface area contributed by atoms with Gasteiger partial charge < -0.3 is 9.47 Å². The van der Waals surface area contributed by atoms with E-state index in [1.165, 1.54) is 12.1 Å². The summed E-state index contributed by atoms with van der Waals surface area (Å²) in [6, 6.07) is 24.7. The number of ether oxygens (including phenoxy) is 2. The minimum atomic E-state index is -0.400. The predicted octanol–water partition coefficient (Wildman–Crippen LogP) is 8.02. The average Bonchev–Trinajstić information content (AvgIpc) is 2.90. The molecule has 0 radical (unpaired) electrons. The van der Waals surface area contributed by atoms with Gasteiger partial charge in [-0.2, -0.15) is 0 Å². The van der Waals surface area contributed by atoms with Gasteiger partial charge in [0.2, 0.25) is 5.88 Å². The van der Waals surface area contributed by atoms with Crippen molar-refractivity contribution in [1.82, 2.24) is 4.98 Å². The number of nitro benzene ring substituents is 1. The van der Waals surface area contributed by atoms with Crippen molar-refractivity contribution in [2.24, 2.45) is 0 Å². The van der Waals surface area contributed by atoms with E-state index < -0.39 is 4.92 Å². The Labute approximate surface area is 223 Å². The van der Waals surface area contributed by atoms with Crippen molar-refractivity contribution in [2.45, 2.75) is 39.7 Å². The van der Waals surface area contributed by atoms with Gasteiger partial charge in [0.05, 0.1) is 12.0 Å². The summed E-state index contributed by atoms with van der Waals surface area (Å²) in [7, 11) is 1.68. The highest BCUT2D eigenvalue weighted by Crippen LogP contribution is 2.40. The summed E-state index contributed by atoms with van der Waals surface area (Å²) in [5.74, 6) is 1.36. The summed E-state index contributed by atoms with van der Waals surface area (Å²) < 4.78 is 12.1. The van der Waals surface area contributed by atoms with Crippen LogP contribution in [0.5, 0.6) is 11.6 Å². The maximum atomic E-state index is 11.0. The first-order valence-electron chi connectivity index (χ1n) is 12.5. The minimum Gasteiger partial charge on any atom is -0.496 e. The molecule has 1 aromatic heterocycles. The number of nitro groups is 1. The van der Waals surface area contributed by atoms with E-state index in [2.05, 4.69) is 32.9 Å². The maximum Gasteiger partial charge on any atom is 0.269 e. The van der Waals surface area contributed by atoms with Crippen LogP contribution in [0.15, 0.2) is 78.9 Å². The molecule has 0 spiro atoms. The highest BCUT2D eigenvalue weighted by atomic mass is 16.6. The Balaban J connectivity index is 1.79. The van der Waals surface area contributed by atoms with Crippen molar-refractivity contribution in [3.63, 3.8) is 0 Å². The first-order valence-corrected chi connectivity index (χ1v) is 12.5. The molecule has 4 rings (SSSR count). The van der Waals surface area contributed by atoms with E-state index in [9.17, 15) is 10.1 Å². The molecule has 0 N–H and O–H groups in total. The smallest absolute Gasteiger partial charge is 0.269 e. The number of methoxy groups -OCH3 is 1. The van der Waals surface area contributed by atoms with Crippen molar-refractivity contribution in [3.05, 3.63) is 117 Å². The zero-order valence-corrected chi connectivity index (χ0v) is 22.4. The molecule has 0 atom stereocenters. The van der Waals surface area contributed by atoms with Gasteiger partial charge in [-0.25, -0.2) is 4.98 Å². The number of hydrogen-bond donors (Lipinski definition) is 0. The van der Waals surface area contributed by atoms with Crippen LogP contribution in [-0.4, -0.2) is 17.0 Å². The lowest BCUT2D eigenvalue weighted by Gasteiger charge is -2.25. The summed E-state index contributed by atoms with van der Waals surface area (Å²) in [5.41, 5.74) is 6.47. The van der Waals surface area contributed by atoms with Crippen LogP contribution in [0.1, 0.15) is 48.7 Å². The Kier molecular flexibility index (Phi) is 7.91. The average molecular weight is 509 g/mol. The molecule has 0 saturated carbocycles. The van der Waals surface area contributed by atoms with Gasteiger partial charge in [0, 0.05) is 34.5 Å². The molecule has 38 heavy (non-hydrogen) atoms. The molecular formula is C32H32N2O4. The summed E-state index contributed by atoms with van der Waals surface area (Å²) in [5, 5.41) is 11.0. The summed E-state index contributed by atoms with van der Waals surface area (Å²) in [4.78, 5) is 15.3. The number of rotatable bonds is 8. The van der Waals surface area contributed by atoms with Gasteiger partial charge in [-0.1, -0.05) is 63.3 Å². The number of benzene rings is 3. The van der Waals surface area contributed by atoms with Gasteiger partial charge in [-0.15, -0.1) is 0 Å². The highest BCUT2D eigenvalue weighted by molar-refractivity contribution is 5.80. The van der Waals surface area contributed by atoms with Crippen LogP contribution >= 0.6 is 0 Å². The molecule has 0 aliphatic rings. The Bertz CT molecular complexity index is 1450. The lowest BCUT2D eigenvalue weighted by molar-refractivity contribution is -0.384. The molecule has 3 aromatic carbocycles. The first kappa shape index (κ1) is 26.6. The number of aryl methyl sites for hydroxylation is 1. The standard InChI is InChI=1S/C32H32N2O4/c1-22-11-18-28(31(33-22)38-21-24-9-7-6-8-10-24)26-19-25(30(37-5)29(20-26)32(2,3)4)15-12-23-13-16-27(17-14-23)34(35)36/h6-20H,21H2,1-5H3. The third-order valence-corrected chi connectivity index (χ3v) is 6.22. The van der Waals surface area contributed by atoms with Crippen LogP contribution in [0.4, 0.5) is 5.69 Å². The molecule has 1 heterocycles. The van der Waals surface area contributed by atoms with Crippen LogP contribution in [0.2, 0.25) is 0 Å². The van der Waals surface area contributed by atoms with E-state index in [0.29, 0.717) is 12.5 Å². The van der Waals surface area contributed by atoms with Gasteiger partial charge in [0.25, 0.3) is 5.69 Å². The van der Waals surface area contributed by atoms with Gasteiger partial charge in [-0.05, 0) is 65.4 Å². The van der Waals surface area contributed by atoms with Crippen LogP contribution in [0.3, 0.4) is 0 Å². The molecule has 194 valence electrons. The Morgan fingerprint density at radius 1 is 0.947 bits per heavy atom. The van der Waals surface area contributed by atoms with Crippen LogP contribution < -0.4 is 9.47 Å². The molecule has 0 aliphatic carbocycles. The summed E-state index contributed by atoms with van der Waals surface area (Å²) in [6.07, 6.45) is 3.91. The SMILES string of the molecule is COc1c(C=Cc2ccc([N+](=O)[O-])cc2)cc(-c2ccc(C)nc2OCc2ccccc2)cc1C(C)(C)C. The molecule has 0 unspecified atom stereocenters. The first-order chi connectivity index (χ1) is 18.2. The fourth-order valence-electron chi connectivity index (χ4n) is 4.20. The van der Waals surface area contributed by atoms with E-state index in [4.69, 9.17) is 14.5 Å². The largest absolute Gasteiger partial charge is 0.496 e. The number of nitrogens with zero attached hydrogens (tertiary/aromatic N) is 2. The molecule has 6 heteroatoms. The van der Waals surface area contributed by atoms with Crippen LogP contribution in [0.25, 0.3) is 23.3 Å². The van der Waals surface area contributed by atoms with Crippen LogP contribution in [0, 0.1) is 17.0 Å². The second-order valence-electron chi connectivity index (χ2n) is 10.2. The molecule has 4 aromatic rings. The number of non-ortho nitro benzene ring substituents is 1. The predicted molar refractivity (Wildman–Crippen MR) is 152 cm³/mol. The Morgan fingerprint density at radius 2 is 1.66 bits per heavy atom. The Morgan fingerprint density at radius 3 is 2.29 bits per heavy atom. The second-order valence-corrected chi connectivity index (χ2v) is 10.2. The lowest BCUT2D eigenvalue weighted by atomic mass is 9.83. The van der Waals surface area contributed by atoms with Crippen molar-refractivity contribution >= 4 is 17.8 Å². The number of hydrogen-bond acceptors (Lipinski definition) is 5. The van der Waals surface area contributed by atoms with Crippen molar-refractivity contribution in [2.75, 3.05) is 7.11 Å². The second kappa shape index (κ2) is 11.3. The molecule has 0 amide bonds. The highest BCUT2D eigenvalue weighted by Gasteiger charge is 2.23. The zero-order valence-electron chi connectivity index (χ0n) is 22.4. The zero-order chi connectivity index (χ0) is 27.3. The van der Waals surface area contributed by atoms with E-state index in [-0.39, 0.29) is 11.1 Å². The number of aromatic nitrogens is 1. The fraction of sp³-hybridized carbons (Fsp3) is 0.219. The van der Waals surface area contributed by atoms with Gasteiger partial charge in [0.15, 0.2) is 0 Å². The monoisotopic (exact) mass is 508 g/mol. The molecule has 0 fully saturated rings. The van der Waals surface area contributed by atoms with E-state index in [1.807, 2.05) is 61.5 Å². The number of pyridine rings is 1. The molecule has 0 bridgehead atoms. The normalized spacial score (nSPS) is 11.5. The molecule has 6 nitrogen and oxygen atoms in total. The van der Waals surface area contributed by atoms with Gasteiger partial charge >= 0.3 is 0 Å². The van der Waals surface area contributed by atoms with E-state index in [1.54, 1.807) is 19.2 Å². The fourth-order valence-corrected chi connectivity index (χ4v) is 4.20. The molecule has 0 saturated heterocycles. The third kappa shape index (κ3) is 6.27. The van der Waals surface area contributed by atoms with E-state index >= 15 is 0 Å². The summed E-state index contributed by atoms with van der Waals surface area (Å²) >= 11 is 0. The van der Waals surface area contributed by atoms with E-state index in [0.717, 1.165) is 44.8 Å². The lowest BCUT2D eigenvalue weighted by Crippen LogP contribution is -2.14. The minimum absolute atomic E-state index is 0.0617. The molecular weight excluding hydrogens is 476 g/mol.